The summed E-state index contributed by atoms with van der Waals surface area (Å²) in [4.78, 5) is 0. The maximum atomic E-state index is 3.71. The summed E-state index contributed by atoms with van der Waals surface area (Å²) in [6, 6.07) is 12.1. The second kappa shape index (κ2) is 3.82. The van der Waals surface area contributed by atoms with E-state index in [0.717, 1.165) is 5.92 Å². The summed E-state index contributed by atoms with van der Waals surface area (Å²) >= 11 is 0. The predicted molar refractivity (Wildman–Crippen MR) is 62.7 cm³/mol. The Bertz CT molecular complexity index is 355. The highest BCUT2D eigenvalue weighted by molar-refractivity contribution is 5.19. The molecule has 1 aliphatic carbocycles. The molecule has 3 aliphatic rings. The van der Waals surface area contributed by atoms with Gasteiger partial charge in [-0.1, -0.05) is 42.5 Å². The molecule has 15 heavy (non-hydrogen) atoms. The number of fused-ring (bicyclic) bond motifs is 2. The SMILES string of the molecule is C1=CC2CCC1NC2Cc1ccccc1. The summed E-state index contributed by atoms with van der Waals surface area (Å²) < 4.78 is 0. The quantitative estimate of drug-likeness (QED) is 0.722. The van der Waals surface area contributed by atoms with E-state index in [9.17, 15) is 0 Å². The van der Waals surface area contributed by atoms with E-state index in [2.05, 4.69) is 47.8 Å². The van der Waals surface area contributed by atoms with Gasteiger partial charge in [0.25, 0.3) is 0 Å². The standard InChI is InChI=1S/C14H17N/c1-2-4-11(5-3-1)10-14-12-6-8-13(15-14)9-7-12/h1-6,8,12-15H,7,9-10H2. The van der Waals surface area contributed by atoms with Crippen molar-refractivity contribution in [2.24, 2.45) is 5.92 Å². The van der Waals surface area contributed by atoms with Crippen molar-refractivity contribution in [3.05, 3.63) is 48.0 Å². The van der Waals surface area contributed by atoms with Crippen molar-refractivity contribution in [2.75, 3.05) is 0 Å². The van der Waals surface area contributed by atoms with E-state index >= 15 is 0 Å². The van der Waals surface area contributed by atoms with Gasteiger partial charge in [0.15, 0.2) is 0 Å². The van der Waals surface area contributed by atoms with Crippen LogP contribution >= 0.6 is 0 Å². The third-order valence-corrected chi connectivity index (χ3v) is 3.65. The summed E-state index contributed by atoms with van der Waals surface area (Å²) in [5.41, 5.74) is 1.45. The highest BCUT2D eigenvalue weighted by Gasteiger charge is 2.30. The van der Waals surface area contributed by atoms with Crippen molar-refractivity contribution in [3.63, 3.8) is 0 Å². The molecule has 0 spiro atoms. The summed E-state index contributed by atoms with van der Waals surface area (Å²) in [6.07, 6.45) is 8.62. The van der Waals surface area contributed by atoms with Crippen LogP contribution in [0, 0.1) is 5.92 Å². The van der Waals surface area contributed by atoms with Crippen LogP contribution in [0.2, 0.25) is 0 Å². The van der Waals surface area contributed by atoms with Gasteiger partial charge < -0.3 is 5.32 Å². The van der Waals surface area contributed by atoms with Gasteiger partial charge in [0.2, 0.25) is 0 Å². The first-order valence-corrected chi connectivity index (χ1v) is 5.90. The van der Waals surface area contributed by atoms with E-state index in [1.807, 2.05) is 0 Å². The number of piperidine rings is 1. The zero-order chi connectivity index (χ0) is 10.1. The van der Waals surface area contributed by atoms with E-state index in [1.165, 1.54) is 24.8 Å². The number of rotatable bonds is 2. The Morgan fingerprint density at radius 3 is 2.53 bits per heavy atom. The van der Waals surface area contributed by atoms with Crippen molar-refractivity contribution in [3.8, 4) is 0 Å². The van der Waals surface area contributed by atoms with E-state index < -0.39 is 0 Å². The lowest BCUT2D eigenvalue weighted by molar-refractivity contribution is 0.270. The topological polar surface area (TPSA) is 12.0 Å². The number of hydrogen-bond acceptors (Lipinski definition) is 1. The first-order chi connectivity index (χ1) is 7.42. The third-order valence-electron chi connectivity index (χ3n) is 3.65. The molecule has 1 fully saturated rings. The zero-order valence-corrected chi connectivity index (χ0v) is 8.89. The minimum atomic E-state index is 0.642. The number of benzene rings is 1. The van der Waals surface area contributed by atoms with Crippen molar-refractivity contribution in [1.82, 2.24) is 5.32 Å². The molecule has 3 unspecified atom stereocenters. The predicted octanol–water partition coefficient (Wildman–Crippen LogP) is 2.54. The lowest BCUT2D eigenvalue weighted by Crippen LogP contribution is -2.50. The summed E-state index contributed by atoms with van der Waals surface area (Å²) in [6.45, 7) is 0. The molecule has 1 saturated heterocycles. The average molecular weight is 199 g/mol. The van der Waals surface area contributed by atoms with Crippen LogP contribution < -0.4 is 5.32 Å². The van der Waals surface area contributed by atoms with Crippen molar-refractivity contribution < 1.29 is 0 Å². The monoisotopic (exact) mass is 199 g/mol. The fraction of sp³-hybridized carbons (Fsp3) is 0.429. The molecular weight excluding hydrogens is 182 g/mol. The summed E-state index contributed by atoms with van der Waals surface area (Å²) in [5.74, 6) is 0.759. The highest BCUT2D eigenvalue weighted by Crippen LogP contribution is 2.29. The van der Waals surface area contributed by atoms with Gasteiger partial charge >= 0.3 is 0 Å². The van der Waals surface area contributed by atoms with E-state index in [4.69, 9.17) is 0 Å². The molecule has 2 heterocycles. The van der Waals surface area contributed by atoms with Crippen molar-refractivity contribution in [1.29, 1.82) is 0 Å². The Balaban J connectivity index is 1.72. The normalized spacial score (nSPS) is 33.2. The molecule has 1 aromatic carbocycles. The highest BCUT2D eigenvalue weighted by atomic mass is 15.0. The molecule has 1 N–H and O–H groups in total. The Labute approximate surface area is 91.2 Å². The lowest BCUT2D eigenvalue weighted by atomic mass is 9.79. The van der Waals surface area contributed by atoms with Crippen LogP contribution in [0.3, 0.4) is 0 Å². The molecule has 78 valence electrons. The molecule has 2 aliphatic heterocycles. The fourth-order valence-corrected chi connectivity index (χ4v) is 2.79. The van der Waals surface area contributed by atoms with Crippen LogP contribution in [0.1, 0.15) is 18.4 Å². The second-order valence-corrected chi connectivity index (χ2v) is 4.70. The smallest absolute Gasteiger partial charge is 0.0253 e. The largest absolute Gasteiger partial charge is 0.307 e. The molecular formula is C14H17N. The van der Waals surface area contributed by atoms with Gasteiger partial charge in [-0.3, -0.25) is 0 Å². The van der Waals surface area contributed by atoms with Crippen molar-refractivity contribution in [2.45, 2.75) is 31.3 Å². The van der Waals surface area contributed by atoms with Crippen LogP contribution in [0.4, 0.5) is 0 Å². The molecule has 1 heteroatoms. The Kier molecular flexibility index (Phi) is 2.34. The first-order valence-electron chi connectivity index (χ1n) is 5.90. The minimum Gasteiger partial charge on any atom is -0.307 e. The van der Waals surface area contributed by atoms with Crippen LogP contribution in [-0.2, 0) is 6.42 Å². The van der Waals surface area contributed by atoms with Crippen LogP contribution in [0.25, 0.3) is 0 Å². The van der Waals surface area contributed by atoms with Crippen molar-refractivity contribution >= 4 is 0 Å². The molecule has 0 radical (unpaired) electrons. The van der Waals surface area contributed by atoms with Gasteiger partial charge in [-0.15, -0.1) is 0 Å². The molecule has 0 saturated carbocycles. The molecule has 1 aromatic rings. The van der Waals surface area contributed by atoms with Gasteiger partial charge in [-0.2, -0.15) is 0 Å². The Morgan fingerprint density at radius 1 is 1.07 bits per heavy atom. The first kappa shape index (κ1) is 9.17. The molecule has 3 atom stereocenters. The van der Waals surface area contributed by atoms with Crippen LogP contribution in [0.15, 0.2) is 42.5 Å². The second-order valence-electron chi connectivity index (χ2n) is 4.70. The van der Waals surface area contributed by atoms with Gasteiger partial charge in [0, 0.05) is 12.1 Å². The molecule has 0 amide bonds. The number of nitrogens with one attached hydrogen (secondary N) is 1. The van der Waals surface area contributed by atoms with Crippen LogP contribution in [0.5, 0.6) is 0 Å². The maximum Gasteiger partial charge on any atom is 0.0253 e. The van der Waals surface area contributed by atoms with Gasteiger partial charge in [0.1, 0.15) is 0 Å². The maximum absolute atomic E-state index is 3.71. The van der Waals surface area contributed by atoms with Gasteiger partial charge in [0.05, 0.1) is 0 Å². The minimum absolute atomic E-state index is 0.642. The summed E-state index contributed by atoms with van der Waals surface area (Å²) in [7, 11) is 0. The third kappa shape index (κ3) is 1.84. The van der Waals surface area contributed by atoms with E-state index in [-0.39, 0.29) is 0 Å². The molecule has 0 aromatic heterocycles. The number of hydrogen-bond donors (Lipinski definition) is 1. The van der Waals surface area contributed by atoms with Crippen LogP contribution in [-0.4, -0.2) is 12.1 Å². The summed E-state index contributed by atoms with van der Waals surface area (Å²) in [5, 5.41) is 3.71. The molecule has 1 nitrogen and oxygen atoms in total. The van der Waals surface area contributed by atoms with Gasteiger partial charge in [-0.05, 0) is 30.7 Å². The Morgan fingerprint density at radius 2 is 1.93 bits per heavy atom. The van der Waals surface area contributed by atoms with Gasteiger partial charge in [-0.25, -0.2) is 0 Å². The zero-order valence-electron chi connectivity index (χ0n) is 8.89. The lowest BCUT2D eigenvalue weighted by Gasteiger charge is -2.39. The fourth-order valence-electron chi connectivity index (χ4n) is 2.79. The van der Waals surface area contributed by atoms with E-state index in [0.29, 0.717) is 12.1 Å². The molecule has 2 bridgehead atoms. The van der Waals surface area contributed by atoms with E-state index in [1.54, 1.807) is 0 Å². The average Bonchev–Trinajstić information content (AvgIpc) is 2.32. The Hall–Kier alpha value is -1.08. The molecule has 4 rings (SSSR count).